The van der Waals surface area contributed by atoms with Crippen molar-refractivity contribution in [2.45, 2.75) is 39.2 Å². The topological polar surface area (TPSA) is 87.2 Å². The molecule has 1 aromatic carbocycles. The second-order valence-electron chi connectivity index (χ2n) is 8.05. The molecule has 3 aliphatic heterocycles. The summed E-state index contributed by atoms with van der Waals surface area (Å²) in [6, 6.07) is 5.67. The molecule has 4 rings (SSSR count). The van der Waals surface area contributed by atoms with Crippen molar-refractivity contribution in [2.75, 3.05) is 31.1 Å². The maximum absolute atomic E-state index is 13.0. The first-order chi connectivity index (χ1) is 13.8. The molecule has 0 aliphatic carbocycles. The largest absolute Gasteiger partial charge is 0.439 e. The van der Waals surface area contributed by atoms with E-state index in [2.05, 4.69) is 0 Å². The number of nitrogens with zero attached hydrogens (tertiary/aromatic N) is 3. The number of hydrogen-bond donors (Lipinski definition) is 0. The Labute approximate surface area is 169 Å². The van der Waals surface area contributed by atoms with Crippen molar-refractivity contribution in [3.63, 3.8) is 0 Å². The summed E-state index contributed by atoms with van der Waals surface area (Å²) in [6.45, 7) is 5.15. The van der Waals surface area contributed by atoms with E-state index in [4.69, 9.17) is 4.74 Å². The van der Waals surface area contributed by atoms with E-state index in [1.165, 1.54) is 4.90 Å². The van der Waals surface area contributed by atoms with Gasteiger partial charge in [-0.25, -0.2) is 9.69 Å². The standard InChI is InChI=1S/C21H25N3O5/c1-13-3-4-17(9-14(13)2)23-11-15(10-18(23)25)20(27)22-7-5-16(6-8-22)24-19(26)12-29-21(24)28/h3-4,9,15-16H,5-8,10-12H2,1-2H3. The van der Waals surface area contributed by atoms with Gasteiger partial charge in [-0.15, -0.1) is 0 Å². The number of imide groups is 1. The highest BCUT2D eigenvalue weighted by atomic mass is 16.6. The number of carbonyl (C=O) groups is 4. The van der Waals surface area contributed by atoms with Gasteiger partial charge in [0.1, 0.15) is 0 Å². The number of likely N-dealkylation sites (tertiary alicyclic amines) is 1. The molecule has 29 heavy (non-hydrogen) atoms. The van der Waals surface area contributed by atoms with Crippen LogP contribution in [0.25, 0.3) is 0 Å². The summed E-state index contributed by atoms with van der Waals surface area (Å²) in [5.74, 6) is -0.741. The zero-order valence-electron chi connectivity index (χ0n) is 16.7. The molecule has 3 aliphatic rings. The summed E-state index contributed by atoms with van der Waals surface area (Å²) in [5, 5.41) is 0. The molecule has 3 fully saturated rings. The second kappa shape index (κ2) is 7.50. The Balaban J connectivity index is 1.37. The van der Waals surface area contributed by atoms with Crippen LogP contribution in [0, 0.1) is 19.8 Å². The number of piperidine rings is 1. The van der Waals surface area contributed by atoms with E-state index in [-0.39, 0.29) is 42.7 Å². The van der Waals surface area contributed by atoms with Crippen LogP contribution in [0.2, 0.25) is 0 Å². The van der Waals surface area contributed by atoms with Crippen LogP contribution in [-0.2, 0) is 19.1 Å². The monoisotopic (exact) mass is 399 g/mol. The zero-order chi connectivity index (χ0) is 20.7. The van der Waals surface area contributed by atoms with Gasteiger partial charge in [0.15, 0.2) is 6.61 Å². The normalized spacial score (nSPS) is 23.2. The Morgan fingerprint density at radius 2 is 1.76 bits per heavy atom. The van der Waals surface area contributed by atoms with Crippen molar-refractivity contribution in [1.29, 1.82) is 0 Å². The fraction of sp³-hybridized carbons (Fsp3) is 0.524. The highest BCUT2D eigenvalue weighted by Gasteiger charge is 2.41. The third-order valence-corrected chi connectivity index (χ3v) is 6.20. The van der Waals surface area contributed by atoms with E-state index < -0.39 is 6.09 Å². The third-order valence-electron chi connectivity index (χ3n) is 6.20. The van der Waals surface area contributed by atoms with Gasteiger partial charge >= 0.3 is 6.09 Å². The minimum Gasteiger partial charge on any atom is -0.439 e. The van der Waals surface area contributed by atoms with Gasteiger partial charge in [-0.05, 0) is 49.9 Å². The number of cyclic esters (lactones) is 1. The highest BCUT2D eigenvalue weighted by molar-refractivity contribution is 6.00. The maximum atomic E-state index is 13.0. The highest BCUT2D eigenvalue weighted by Crippen LogP contribution is 2.29. The molecule has 0 radical (unpaired) electrons. The lowest BCUT2D eigenvalue weighted by atomic mass is 10.0. The molecule has 0 aromatic heterocycles. The molecule has 0 bridgehead atoms. The van der Waals surface area contributed by atoms with Gasteiger partial charge in [0, 0.05) is 37.8 Å². The molecule has 3 heterocycles. The molecular weight excluding hydrogens is 374 g/mol. The number of anilines is 1. The molecule has 0 spiro atoms. The van der Waals surface area contributed by atoms with E-state index in [0.29, 0.717) is 32.5 Å². The van der Waals surface area contributed by atoms with Crippen LogP contribution in [0.3, 0.4) is 0 Å². The molecular formula is C21H25N3O5. The molecule has 8 heteroatoms. The molecule has 8 nitrogen and oxygen atoms in total. The Morgan fingerprint density at radius 3 is 2.38 bits per heavy atom. The van der Waals surface area contributed by atoms with E-state index in [1.54, 1.807) is 9.80 Å². The second-order valence-corrected chi connectivity index (χ2v) is 8.05. The van der Waals surface area contributed by atoms with Crippen molar-refractivity contribution >= 4 is 29.5 Å². The molecule has 0 saturated carbocycles. The van der Waals surface area contributed by atoms with Crippen molar-refractivity contribution in [3.05, 3.63) is 29.3 Å². The zero-order valence-corrected chi connectivity index (χ0v) is 16.7. The molecule has 1 atom stereocenters. The predicted molar refractivity (Wildman–Crippen MR) is 104 cm³/mol. The number of ether oxygens (including phenoxy) is 1. The molecule has 1 unspecified atom stereocenters. The van der Waals surface area contributed by atoms with E-state index in [0.717, 1.165) is 16.8 Å². The fourth-order valence-corrected chi connectivity index (χ4v) is 4.34. The number of amides is 4. The molecule has 1 aromatic rings. The SMILES string of the molecule is Cc1ccc(N2CC(C(=O)N3CCC(N4C(=O)COC4=O)CC3)CC2=O)cc1C. The third kappa shape index (κ3) is 3.59. The van der Waals surface area contributed by atoms with Crippen LogP contribution >= 0.6 is 0 Å². The summed E-state index contributed by atoms with van der Waals surface area (Å²) in [5.41, 5.74) is 3.11. The number of hydrogen-bond acceptors (Lipinski definition) is 5. The Bertz CT molecular complexity index is 859. The van der Waals surface area contributed by atoms with Crippen LogP contribution < -0.4 is 4.90 Å². The minimum atomic E-state index is -0.592. The van der Waals surface area contributed by atoms with E-state index in [1.807, 2.05) is 32.0 Å². The quantitative estimate of drug-likeness (QED) is 0.771. The lowest BCUT2D eigenvalue weighted by Crippen LogP contribution is -2.49. The first kappa shape index (κ1) is 19.4. The summed E-state index contributed by atoms with van der Waals surface area (Å²) in [6.07, 6.45) is 0.690. The maximum Gasteiger partial charge on any atom is 0.417 e. The fourth-order valence-electron chi connectivity index (χ4n) is 4.34. The van der Waals surface area contributed by atoms with Gasteiger partial charge in [-0.1, -0.05) is 6.07 Å². The van der Waals surface area contributed by atoms with Crippen molar-refractivity contribution in [3.8, 4) is 0 Å². The molecule has 154 valence electrons. The van der Waals surface area contributed by atoms with Gasteiger partial charge in [-0.3, -0.25) is 14.4 Å². The van der Waals surface area contributed by atoms with Gasteiger partial charge in [-0.2, -0.15) is 0 Å². The van der Waals surface area contributed by atoms with Crippen molar-refractivity contribution in [1.82, 2.24) is 9.80 Å². The number of benzene rings is 1. The minimum absolute atomic E-state index is 0.0292. The molecule has 0 N–H and O–H groups in total. The van der Waals surface area contributed by atoms with Gasteiger partial charge < -0.3 is 14.5 Å². The van der Waals surface area contributed by atoms with E-state index >= 15 is 0 Å². The first-order valence-electron chi connectivity index (χ1n) is 10.0. The van der Waals surface area contributed by atoms with Crippen LogP contribution in [0.5, 0.6) is 0 Å². The average Bonchev–Trinajstić information content (AvgIpc) is 3.26. The van der Waals surface area contributed by atoms with Gasteiger partial charge in [0.25, 0.3) is 5.91 Å². The summed E-state index contributed by atoms with van der Waals surface area (Å²) in [4.78, 5) is 53.7. The molecule has 3 saturated heterocycles. The smallest absolute Gasteiger partial charge is 0.417 e. The molecule has 4 amide bonds. The van der Waals surface area contributed by atoms with Gasteiger partial charge in [0.05, 0.1) is 5.92 Å². The number of carbonyl (C=O) groups excluding carboxylic acids is 4. The summed E-state index contributed by atoms with van der Waals surface area (Å²) >= 11 is 0. The summed E-state index contributed by atoms with van der Waals surface area (Å²) < 4.78 is 4.78. The Morgan fingerprint density at radius 1 is 1.03 bits per heavy atom. The lowest BCUT2D eigenvalue weighted by Gasteiger charge is -2.35. The van der Waals surface area contributed by atoms with E-state index in [9.17, 15) is 19.2 Å². The predicted octanol–water partition coefficient (Wildman–Crippen LogP) is 1.63. The van der Waals surface area contributed by atoms with Crippen LogP contribution in [-0.4, -0.2) is 65.9 Å². The Kier molecular flexibility index (Phi) is 5.02. The van der Waals surface area contributed by atoms with Crippen LogP contribution in [0.15, 0.2) is 18.2 Å². The number of aryl methyl sites for hydroxylation is 2. The van der Waals surface area contributed by atoms with Crippen LogP contribution in [0.1, 0.15) is 30.4 Å². The van der Waals surface area contributed by atoms with Crippen molar-refractivity contribution < 1.29 is 23.9 Å². The van der Waals surface area contributed by atoms with Gasteiger partial charge in [0.2, 0.25) is 11.8 Å². The first-order valence-corrected chi connectivity index (χ1v) is 10.0. The lowest BCUT2D eigenvalue weighted by molar-refractivity contribution is -0.137. The summed E-state index contributed by atoms with van der Waals surface area (Å²) in [7, 11) is 0. The Hall–Kier alpha value is -2.90. The van der Waals surface area contributed by atoms with Crippen molar-refractivity contribution in [2.24, 2.45) is 5.92 Å². The average molecular weight is 399 g/mol. The van der Waals surface area contributed by atoms with Crippen LogP contribution in [0.4, 0.5) is 10.5 Å². The number of rotatable bonds is 3.